The Hall–Kier alpha value is -1.87. The Morgan fingerprint density at radius 3 is 2.34 bits per heavy atom. The van der Waals surface area contributed by atoms with E-state index in [0.717, 1.165) is 42.5 Å². The largest absolute Gasteiger partial charge is 0.396 e. The lowest BCUT2D eigenvalue weighted by Crippen LogP contribution is -2.39. The van der Waals surface area contributed by atoms with Crippen molar-refractivity contribution in [3.05, 3.63) is 59.8 Å². The second-order valence-electron chi connectivity index (χ2n) is 6.56. The lowest BCUT2D eigenvalue weighted by atomic mass is 10.0. The van der Waals surface area contributed by atoms with E-state index in [1.165, 1.54) is 0 Å². The van der Waals surface area contributed by atoms with Gasteiger partial charge >= 0.3 is 0 Å². The lowest BCUT2D eigenvalue weighted by molar-refractivity contribution is 0.265. The van der Waals surface area contributed by atoms with Crippen molar-refractivity contribution in [2.45, 2.75) is 33.2 Å². The van der Waals surface area contributed by atoms with Gasteiger partial charge in [0.25, 0.3) is 0 Å². The van der Waals surface area contributed by atoms with Crippen LogP contribution in [0.25, 0.3) is 0 Å². The average molecular weight is 511 g/mol. The maximum Gasteiger partial charge on any atom is 0.191 e. The van der Waals surface area contributed by atoms with Gasteiger partial charge in [0, 0.05) is 38.3 Å². The summed E-state index contributed by atoms with van der Waals surface area (Å²) in [5.74, 6) is 1.76. The fourth-order valence-electron chi connectivity index (χ4n) is 2.99. The Morgan fingerprint density at radius 1 is 1.07 bits per heavy atom. The van der Waals surface area contributed by atoms with E-state index in [1.54, 1.807) is 0 Å². The molecule has 0 saturated heterocycles. The van der Waals surface area contributed by atoms with Gasteiger partial charge in [0.15, 0.2) is 5.96 Å². The van der Waals surface area contributed by atoms with Gasteiger partial charge in [-0.15, -0.1) is 24.0 Å². The number of rotatable bonds is 10. The summed E-state index contributed by atoms with van der Waals surface area (Å²) in [5, 5.41) is 16.3. The number of nitrogens with one attached hydrogen (secondary N) is 2. The van der Waals surface area contributed by atoms with Gasteiger partial charge in [0.2, 0.25) is 0 Å². The summed E-state index contributed by atoms with van der Waals surface area (Å²) in [6.45, 7) is 10.2. The topological polar surface area (TPSA) is 72.8 Å². The zero-order valence-electron chi connectivity index (χ0n) is 17.6. The first-order valence-corrected chi connectivity index (χ1v) is 10.1. The first-order valence-electron chi connectivity index (χ1n) is 10.1. The van der Waals surface area contributed by atoms with Crippen molar-refractivity contribution in [3.8, 4) is 0 Å². The third-order valence-electron chi connectivity index (χ3n) is 4.67. The highest BCUT2D eigenvalue weighted by Gasteiger charge is 2.11. The van der Waals surface area contributed by atoms with Gasteiger partial charge in [-0.25, -0.2) is 9.98 Å². The highest BCUT2D eigenvalue weighted by Crippen LogP contribution is 2.14. The smallest absolute Gasteiger partial charge is 0.191 e. The van der Waals surface area contributed by atoms with Gasteiger partial charge in [-0.05, 0) is 38.0 Å². The van der Waals surface area contributed by atoms with Gasteiger partial charge in [-0.2, -0.15) is 0 Å². The minimum atomic E-state index is 0. The molecule has 29 heavy (non-hydrogen) atoms. The second-order valence-corrected chi connectivity index (χ2v) is 6.56. The molecule has 2 aromatic rings. The molecule has 0 radical (unpaired) electrons. The van der Waals surface area contributed by atoms with Gasteiger partial charge < -0.3 is 20.6 Å². The van der Waals surface area contributed by atoms with E-state index in [4.69, 9.17) is 0 Å². The fraction of sp³-hybridized carbons (Fsp3) is 0.455. The average Bonchev–Trinajstić information content (AvgIpc) is 2.75. The standard InChI is InChI=1S/C22H33N5O.HI/c1-4-23-22(26-16-20(17-28)19-10-8-7-9-11-19)25-15-18-12-13-21(24-14-18)27(5-2)6-3;/h7-14,20,28H,4-6,15-17H2,1-3H3,(H2,23,25,26);1H. The van der Waals surface area contributed by atoms with Crippen LogP contribution >= 0.6 is 24.0 Å². The summed E-state index contributed by atoms with van der Waals surface area (Å²) in [7, 11) is 0. The third kappa shape index (κ3) is 8.18. The maximum atomic E-state index is 9.73. The van der Waals surface area contributed by atoms with E-state index in [1.807, 2.05) is 43.5 Å². The van der Waals surface area contributed by atoms with Crippen molar-refractivity contribution < 1.29 is 5.11 Å². The third-order valence-corrected chi connectivity index (χ3v) is 4.67. The van der Waals surface area contributed by atoms with E-state index >= 15 is 0 Å². The molecule has 3 N–H and O–H groups in total. The van der Waals surface area contributed by atoms with Crippen LogP contribution in [0.5, 0.6) is 0 Å². The molecular formula is C22H34IN5O. The van der Waals surface area contributed by atoms with E-state index in [9.17, 15) is 5.11 Å². The zero-order valence-corrected chi connectivity index (χ0v) is 20.0. The molecule has 1 atom stereocenters. The number of aliphatic hydroxyl groups is 1. The number of hydrogen-bond acceptors (Lipinski definition) is 4. The van der Waals surface area contributed by atoms with Crippen molar-refractivity contribution in [1.82, 2.24) is 15.6 Å². The number of guanidine groups is 1. The Balaban J connectivity index is 0.00000420. The molecule has 0 aliphatic carbocycles. The van der Waals surface area contributed by atoms with Crippen LogP contribution in [0.15, 0.2) is 53.7 Å². The number of pyridine rings is 1. The monoisotopic (exact) mass is 511 g/mol. The van der Waals surface area contributed by atoms with E-state index in [2.05, 4.69) is 51.5 Å². The Labute approximate surface area is 191 Å². The number of hydrogen-bond donors (Lipinski definition) is 3. The first kappa shape index (κ1) is 25.2. The molecule has 0 amide bonds. The number of nitrogens with zero attached hydrogens (tertiary/aromatic N) is 3. The van der Waals surface area contributed by atoms with Gasteiger partial charge in [0.1, 0.15) is 5.82 Å². The fourth-order valence-corrected chi connectivity index (χ4v) is 2.99. The van der Waals surface area contributed by atoms with Crippen molar-refractivity contribution >= 4 is 35.8 Å². The molecule has 1 unspecified atom stereocenters. The maximum absolute atomic E-state index is 9.73. The minimum Gasteiger partial charge on any atom is -0.396 e. The van der Waals surface area contributed by atoms with Crippen molar-refractivity contribution in [1.29, 1.82) is 0 Å². The van der Waals surface area contributed by atoms with Crippen LogP contribution in [-0.4, -0.2) is 48.8 Å². The predicted octanol–water partition coefficient (Wildman–Crippen LogP) is 3.38. The molecule has 1 heterocycles. The van der Waals surface area contributed by atoms with Gasteiger partial charge in [0.05, 0.1) is 13.2 Å². The quantitative estimate of drug-likeness (QED) is 0.259. The molecule has 1 aromatic heterocycles. The Bertz CT molecular complexity index is 705. The van der Waals surface area contributed by atoms with E-state index in [-0.39, 0.29) is 36.5 Å². The molecule has 0 aliphatic rings. The highest BCUT2D eigenvalue weighted by molar-refractivity contribution is 14.0. The van der Waals surface area contributed by atoms with Crippen LogP contribution in [0.3, 0.4) is 0 Å². The molecule has 1 aromatic carbocycles. The second kappa shape index (κ2) is 14.2. The predicted molar refractivity (Wildman–Crippen MR) is 132 cm³/mol. The molecule has 6 nitrogen and oxygen atoms in total. The summed E-state index contributed by atoms with van der Waals surface area (Å²) < 4.78 is 0. The number of aliphatic hydroxyl groups excluding tert-OH is 1. The molecule has 7 heteroatoms. The number of aliphatic imine (C=N–C) groups is 1. The van der Waals surface area contributed by atoms with Crippen LogP contribution in [-0.2, 0) is 6.54 Å². The van der Waals surface area contributed by atoms with Gasteiger partial charge in [-0.3, -0.25) is 0 Å². The van der Waals surface area contributed by atoms with Crippen LogP contribution in [0.1, 0.15) is 37.8 Å². The van der Waals surface area contributed by atoms with Crippen molar-refractivity contribution in [3.63, 3.8) is 0 Å². The SMILES string of the molecule is CCNC(=NCc1ccc(N(CC)CC)nc1)NCC(CO)c1ccccc1.I. The highest BCUT2D eigenvalue weighted by atomic mass is 127. The minimum absolute atomic E-state index is 0. The summed E-state index contributed by atoms with van der Waals surface area (Å²) >= 11 is 0. The van der Waals surface area contributed by atoms with Crippen molar-refractivity contribution in [2.24, 2.45) is 4.99 Å². The van der Waals surface area contributed by atoms with Crippen molar-refractivity contribution in [2.75, 3.05) is 37.7 Å². The number of benzene rings is 1. The number of halogens is 1. The molecular weight excluding hydrogens is 477 g/mol. The summed E-state index contributed by atoms with van der Waals surface area (Å²) in [6.07, 6.45) is 1.89. The van der Waals surface area contributed by atoms with E-state index in [0.29, 0.717) is 13.1 Å². The molecule has 160 valence electrons. The zero-order chi connectivity index (χ0) is 20.2. The first-order chi connectivity index (χ1) is 13.7. The van der Waals surface area contributed by atoms with Crippen LogP contribution < -0.4 is 15.5 Å². The lowest BCUT2D eigenvalue weighted by Gasteiger charge is -2.19. The van der Waals surface area contributed by atoms with Crippen LogP contribution in [0, 0.1) is 0 Å². The molecule has 0 aliphatic heterocycles. The van der Waals surface area contributed by atoms with E-state index < -0.39 is 0 Å². The summed E-state index contributed by atoms with van der Waals surface area (Å²) in [6, 6.07) is 14.2. The molecule has 2 rings (SSSR count). The van der Waals surface area contributed by atoms with Crippen LogP contribution in [0.2, 0.25) is 0 Å². The summed E-state index contributed by atoms with van der Waals surface area (Å²) in [5.41, 5.74) is 2.18. The Morgan fingerprint density at radius 2 is 1.79 bits per heavy atom. The molecule has 0 fully saturated rings. The summed E-state index contributed by atoms with van der Waals surface area (Å²) in [4.78, 5) is 11.4. The molecule has 0 saturated carbocycles. The number of aromatic nitrogens is 1. The Kier molecular flexibility index (Phi) is 12.3. The van der Waals surface area contributed by atoms with Gasteiger partial charge in [-0.1, -0.05) is 36.4 Å². The van der Waals surface area contributed by atoms with Crippen LogP contribution in [0.4, 0.5) is 5.82 Å². The number of anilines is 1. The molecule has 0 bridgehead atoms. The normalized spacial score (nSPS) is 12.1. The molecule has 0 spiro atoms.